The second-order valence-electron chi connectivity index (χ2n) is 5.18. The number of rotatable bonds is 3. The van der Waals surface area contributed by atoms with Crippen LogP contribution in [0.4, 0.5) is 0 Å². The second-order valence-corrected chi connectivity index (χ2v) is 5.18. The summed E-state index contributed by atoms with van der Waals surface area (Å²) < 4.78 is 0. The van der Waals surface area contributed by atoms with E-state index in [0.29, 0.717) is 11.8 Å². The monoisotopic (exact) mass is 248 g/mol. The van der Waals surface area contributed by atoms with Gasteiger partial charge in [0.2, 0.25) is 0 Å². The van der Waals surface area contributed by atoms with E-state index in [0.717, 1.165) is 31.6 Å². The number of phenols is 1. The number of hydrogen-bond acceptors (Lipinski definition) is 3. The van der Waals surface area contributed by atoms with Crippen molar-refractivity contribution >= 4 is 0 Å². The van der Waals surface area contributed by atoms with Gasteiger partial charge in [0, 0.05) is 31.2 Å². The van der Waals surface area contributed by atoms with Crippen LogP contribution in [0.5, 0.6) is 5.75 Å². The van der Waals surface area contributed by atoms with Gasteiger partial charge in [0.05, 0.1) is 0 Å². The van der Waals surface area contributed by atoms with E-state index < -0.39 is 0 Å². The van der Waals surface area contributed by atoms with Crippen LogP contribution in [0.3, 0.4) is 0 Å². The van der Waals surface area contributed by atoms with Gasteiger partial charge in [0.25, 0.3) is 0 Å². The maximum absolute atomic E-state index is 10.0. The van der Waals surface area contributed by atoms with Gasteiger partial charge in [-0.05, 0) is 32.5 Å². The first-order valence-corrected chi connectivity index (χ1v) is 6.93. The Hall–Kier alpha value is -1.06. The molecule has 0 spiro atoms. The molecule has 1 heterocycles. The van der Waals surface area contributed by atoms with E-state index in [1.807, 2.05) is 12.1 Å². The fraction of sp³-hybridized carbons (Fsp3) is 0.600. The highest BCUT2D eigenvalue weighted by atomic mass is 16.3. The van der Waals surface area contributed by atoms with E-state index in [1.165, 1.54) is 13.0 Å². The Morgan fingerprint density at radius 2 is 1.94 bits per heavy atom. The molecule has 0 bridgehead atoms. The van der Waals surface area contributed by atoms with Gasteiger partial charge in [0.1, 0.15) is 5.75 Å². The first kappa shape index (κ1) is 13.4. The molecule has 1 unspecified atom stereocenters. The summed E-state index contributed by atoms with van der Waals surface area (Å²) in [5.41, 5.74) is 1.07. The lowest BCUT2D eigenvalue weighted by Crippen LogP contribution is -2.32. The zero-order valence-electron chi connectivity index (χ0n) is 11.5. The molecule has 3 nitrogen and oxygen atoms in total. The number of likely N-dealkylation sites (N-methyl/N-ethyl adjacent to an activating group) is 1. The fourth-order valence-corrected chi connectivity index (χ4v) is 2.82. The van der Waals surface area contributed by atoms with Crippen molar-refractivity contribution in [2.75, 3.05) is 33.2 Å². The van der Waals surface area contributed by atoms with Gasteiger partial charge >= 0.3 is 0 Å². The minimum atomic E-state index is 0.345. The van der Waals surface area contributed by atoms with Crippen LogP contribution in [0.25, 0.3) is 0 Å². The maximum atomic E-state index is 10.0. The van der Waals surface area contributed by atoms with Crippen molar-refractivity contribution in [3.8, 4) is 5.75 Å². The standard InChI is InChI=1S/C15H24N2O/c1-3-14(13-7-4-5-8-15(13)18)17-10-6-9-16(2)11-12-17/h4-5,7-8,14,18H,3,6,9-12H2,1-2H3. The molecule has 1 aliphatic heterocycles. The lowest BCUT2D eigenvalue weighted by atomic mass is 10.0. The average molecular weight is 248 g/mol. The quantitative estimate of drug-likeness (QED) is 0.890. The summed E-state index contributed by atoms with van der Waals surface area (Å²) in [6.07, 6.45) is 2.25. The minimum absolute atomic E-state index is 0.345. The molecular weight excluding hydrogens is 224 g/mol. The summed E-state index contributed by atoms with van der Waals surface area (Å²) in [6.45, 7) is 6.70. The van der Waals surface area contributed by atoms with Crippen molar-refractivity contribution in [1.29, 1.82) is 0 Å². The molecule has 0 aliphatic carbocycles. The Kier molecular flexibility index (Phi) is 4.61. The molecule has 18 heavy (non-hydrogen) atoms. The van der Waals surface area contributed by atoms with Gasteiger partial charge in [-0.25, -0.2) is 0 Å². The fourth-order valence-electron chi connectivity index (χ4n) is 2.82. The van der Waals surface area contributed by atoms with Crippen LogP contribution in [0.15, 0.2) is 24.3 Å². The Bertz CT molecular complexity index is 381. The van der Waals surface area contributed by atoms with E-state index in [1.54, 1.807) is 6.07 Å². The van der Waals surface area contributed by atoms with E-state index in [2.05, 4.69) is 29.8 Å². The number of para-hydroxylation sites is 1. The van der Waals surface area contributed by atoms with Crippen molar-refractivity contribution < 1.29 is 5.11 Å². The van der Waals surface area contributed by atoms with Crippen molar-refractivity contribution in [3.05, 3.63) is 29.8 Å². The molecule has 0 saturated carbocycles. The molecule has 2 rings (SSSR count). The van der Waals surface area contributed by atoms with E-state index in [4.69, 9.17) is 0 Å². The summed E-state index contributed by atoms with van der Waals surface area (Å²) in [5.74, 6) is 0.432. The molecule has 0 amide bonds. The van der Waals surface area contributed by atoms with Crippen LogP contribution < -0.4 is 0 Å². The van der Waals surface area contributed by atoms with Crippen LogP contribution in [0.1, 0.15) is 31.4 Å². The number of hydrogen-bond donors (Lipinski definition) is 1. The Morgan fingerprint density at radius 3 is 2.67 bits per heavy atom. The molecule has 1 atom stereocenters. The molecule has 100 valence electrons. The van der Waals surface area contributed by atoms with E-state index >= 15 is 0 Å². The van der Waals surface area contributed by atoms with Gasteiger partial charge in [-0.1, -0.05) is 25.1 Å². The summed E-state index contributed by atoms with van der Waals surface area (Å²) in [5, 5.41) is 10.0. The molecule has 1 aromatic carbocycles. The summed E-state index contributed by atoms with van der Waals surface area (Å²) in [7, 11) is 2.18. The zero-order chi connectivity index (χ0) is 13.0. The number of phenolic OH excluding ortho intramolecular Hbond substituents is 1. The number of benzene rings is 1. The molecule has 3 heteroatoms. The normalized spacial score (nSPS) is 20.6. The molecule has 1 aromatic rings. The second kappa shape index (κ2) is 6.21. The summed E-state index contributed by atoms with van der Waals surface area (Å²) in [4.78, 5) is 4.90. The van der Waals surface area contributed by atoms with Crippen molar-refractivity contribution in [3.63, 3.8) is 0 Å². The average Bonchev–Trinajstić information content (AvgIpc) is 2.58. The van der Waals surface area contributed by atoms with Gasteiger partial charge in [0.15, 0.2) is 0 Å². The van der Waals surface area contributed by atoms with Gasteiger partial charge < -0.3 is 10.0 Å². The third-order valence-electron chi connectivity index (χ3n) is 3.88. The number of aromatic hydroxyl groups is 1. The van der Waals surface area contributed by atoms with Crippen LogP contribution in [-0.4, -0.2) is 48.1 Å². The summed E-state index contributed by atoms with van der Waals surface area (Å²) >= 11 is 0. The Morgan fingerprint density at radius 1 is 1.17 bits per heavy atom. The van der Waals surface area contributed by atoms with Crippen molar-refractivity contribution in [1.82, 2.24) is 9.80 Å². The van der Waals surface area contributed by atoms with Crippen LogP contribution >= 0.6 is 0 Å². The molecule has 1 N–H and O–H groups in total. The topological polar surface area (TPSA) is 26.7 Å². The first-order valence-electron chi connectivity index (χ1n) is 6.93. The highest BCUT2D eigenvalue weighted by molar-refractivity contribution is 5.34. The third-order valence-corrected chi connectivity index (χ3v) is 3.88. The highest BCUT2D eigenvalue weighted by Crippen LogP contribution is 2.31. The predicted molar refractivity (Wildman–Crippen MR) is 74.8 cm³/mol. The largest absolute Gasteiger partial charge is 0.508 e. The zero-order valence-corrected chi connectivity index (χ0v) is 11.5. The van der Waals surface area contributed by atoms with Crippen LogP contribution in [0, 0.1) is 0 Å². The highest BCUT2D eigenvalue weighted by Gasteiger charge is 2.22. The van der Waals surface area contributed by atoms with Crippen LogP contribution in [-0.2, 0) is 0 Å². The summed E-state index contributed by atoms with van der Waals surface area (Å²) in [6, 6.07) is 8.10. The van der Waals surface area contributed by atoms with Gasteiger partial charge in [-0.15, -0.1) is 0 Å². The maximum Gasteiger partial charge on any atom is 0.120 e. The minimum Gasteiger partial charge on any atom is -0.508 e. The Labute approximate surface area is 110 Å². The number of nitrogens with zero attached hydrogens (tertiary/aromatic N) is 2. The molecule has 1 fully saturated rings. The lowest BCUT2D eigenvalue weighted by molar-refractivity contribution is 0.195. The van der Waals surface area contributed by atoms with Crippen LogP contribution in [0.2, 0.25) is 0 Å². The van der Waals surface area contributed by atoms with Crippen molar-refractivity contribution in [2.24, 2.45) is 0 Å². The Balaban J connectivity index is 2.15. The molecule has 0 radical (unpaired) electrons. The van der Waals surface area contributed by atoms with Gasteiger partial charge in [-0.3, -0.25) is 4.90 Å². The molecular formula is C15H24N2O. The first-order chi connectivity index (χ1) is 8.72. The van der Waals surface area contributed by atoms with E-state index in [9.17, 15) is 5.11 Å². The third kappa shape index (κ3) is 3.03. The van der Waals surface area contributed by atoms with Gasteiger partial charge in [-0.2, -0.15) is 0 Å². The molecule has 0 aromatic heterocycles. The molecule has 1 aliphatic rings. The molecule has 1 saturated heterocycles. The smallest absolute Gasteiger partial charge is 0.120 e. The SMILES string of the molecule is CCC(c1ccccc1O)N1CCCN(C)CC1. The van der Waals surface area contributed by atoms with Crippen molar-refractivity contribution in [2.45, 2.75) is 25.8 Å². The lowest BCUT2D eigenvalue weighted by Gasteiger charge is -2.30. The van der Waals surface area contributed by atoms with E-state index in [-0.39, 0.29) is 0 Å². The predicted octanol–water partition coefficient (Wildman–Crippen LogP) is 2.48.